The van der Waals surface area contributed by atoms with Crippen LogP contribution in [-0.4, -0.2) is 18.3 Å². The van der Waals surface area contributed by atoms with Crippen LogP contribution < -0.4 is 10.1 Å². The maximum atomic E-state index is 13.5. The number of unbranched alkanes of at least 4 members (excludes halogenated alkanes) is 1. The number of alkyl halides is 6. The Morgan fingerprint density at radius 2 is 1.40 bits per heavy atom. The van der Waals surface area contributed by atoms with E-state index in [4.69, 9.17) is 14.2 Å². The lowest BCUT2D eigenvalue weighted by Gasteiger charge is -2.44. The average molecular weight is 638 g/mol. The van der Waals surface area contributed by atoms with Crippen molar-refractivity contribution in [3.8, 4) is 5.75 Å². The molecule has 0 amide bonds. The molecule has 0 bridgehead atoms. The molecule has 0 fully saturated rings. The van der Waals surface area contributed by atoms with Gasteiger partial charge in [-0.1, -0.05) is 58.4 Å². The van der Waals surface area contributed by atoms with Gasteiger partial charge in [-0.05, 0) is 78.8 Å². The first-order valence-electron chi connectivity index (χ1n) is 15.1. The highest BCUT2D eigenvalue weighted by atomic mass is 19.4. The molecule has 0 aliphatic carbocycles. The van der Waals surface area contributed by atoms with Crippen LogP contribution in [0.1, 0.15) is 93.9 Å². The molecule has 3 aromatic carbocycles. The van der Waals surface area contributed by atoms with Crippen LogP contribution in [0.25, 0.3) is 0 Å². The number of hydrogen-bond acceptors (Lipinski definition) is 4. The van der Waals surface area contributed by atoms with Crippen molar-refractivity contribution in [1.82, 2.24) is 0 Å². The number of halogens is 6. The molecular weight excluding hydrogens is 596 g/mol. The van der Waals surface area contributed by atoms with Gasteiger partial charge in [0.25, 0.3) is 0 Å². The van der Waals surface area contributed by atoms with E-state index in [1.807, 2.05) is 25.1 Å². The third kappa shape index (κ3) is 8.73. The number of ether oxygens (including phenoxy) is 3. The smallest absolute Gasteiger partial charge is 0.416 e. The predicted molar refractivity (Wildman–Crippen MR) is 162 cm³/mol. The van der Waals surface area contributed by atoms with Crippen molar-refractivity contribution >= 4 is 5.69 Å². The molecule has 0 radical (unpaired) electrons. The third-order valence-corrected chi connectivity index (χ3v) is 7.84. The number of benzene rings is 3. The van der Waals surface area contributed by atoms with Gasteiger partial charge < -0.3 is 19.5 Å². The van der Waals surface area contributed by atoms with Gasteiger partial charge in [-0.25, -0.2) is 0 Å². The second kappa shape index (κ2) is 13.2. The Kier molecular flexibility index (Phi) is 10.2. The van der Waals surface area contributed by atoms with Crippen LogP contribution in [0.15, 0.2) is 60.7 Å². The summed E-state index contributed by atoms with van der Waals surface area (Å²) in [5.41, 5.74) is -0.185. The summed E-state index contributed by atoms with van der Waals surface area (Å²) in [6, 6.07) is 15.5. The van der Waals surface area contributed by atoms with Crippen molar-refractivity contribution in [2.24, 2.45) is 0 Å². The van der Waals surface area contributed by atoms with Gasteiger partial charge in [-0.3, -0.25) is 0 Å². The average Bonchev–Trinajstić information content (AvgIpc) is 2.94. The molecule has 4 nitrogen and oxygen atoms in total. The van der Waals surface area contributed by atoms with Crippen molar-refractivity contribution in [3.05, 3.63) is 94.0 Å². The topological polar surface area (TPSA) is 39.7 Å². The lowest BCUT2D eigenvalue weighted by atomic mass is 9.87. The molecule has 246 valence electrons. The minimum absolute atomic E-state index is 0.0470. The number of rotatable bonds is 10. The number of nitrogens with one attached hydrogen (secondary N) is 1. The molecule has 4 rings (SSSR count). The fourth-order valence-corrected chi connectivity index (χ4v) is 5.28. The number of anilines is 1. The van der Waals surface area contributed by atoms with Crippen molar-refractivity contribution < 1.29 is 40.6 Å². The van der Waals surface area contributed by atoms with Crippen molar-refractivity contribution in [1.29, 1.82) is 0 Å². The van der Waals surface area contributed by atoms with Gasteiger partial charge in [0, 0.05) is 24.4 Å². The highest BCUT2D eigenvalue weighted by molar-refractivity contribution is 5.54. The molecule has 1 aliphatic rings. The summed E-state index contributed by atoms with van der Waals surface area (Å²) >= 11 is 0. The summed E-state index contributed by atoms with van der Waals surface area (Å²) in [6.45, 7) is 12.5. The molecule has 2 atom stereocenters. The van der Waals surface area contributed by atoms with E-state index >= 15 is 0 Å². The van der Waals surface area contributed by atoms with Crippen LogP contribution >= 0.6 is 0 Å². The van der Waals surface area contributed by atoms with Crippen LogP contribution in [0.3, 0.4) is 0 Å². The van der Waals surface area contributed by atoms with Crippen molar-refractivity contribution in [3.63, 3.8) is 0 Å². The van der Waals surface area contributed by atoms with E-state index in [0.29, 0.717) is 36.6 Å². The first-order chi connectivity index (χ1) is 20.9. The molecule has 3 aromatic rings. The molecule has 1 N–H and O–H groups in total. The fourth-order valence-electron chi connectivity index (χ4n) is 5.28. The monoisotopic (exact) mass is 637 g/mol. The Bertz CT molecular complexity index is 1410. The zero-order chi connectivity index (χ0) is 33.2. The zero-order valence-corrected chi connectivity index (χ0v) is 26.5. The first-order valence-corrected chi connectivity index (χ1v) is 15.1. The van der Waals surface area contributed by atoms with Crippen LogP contribution in [0.5, 0.6) is 5.75 Å². The lowest BCUT2D eigenvalue weighted by molar-refractivity contribution is -0.168. The van der Waals surface area contributed by atoms with Gasteiger partial charge in [-0.2, -0.15) is 26.3 Å². The zero-order valence-electron chi connectivity index (χ0n) is 26.5. The standard InChI is InChI=1S/C35H41F6NO3/c1-7-8-15-43-30-28-19-27(42-20-22-9-11-24(12-10-22)32(2,3)4)13-14-29(28)45-33(5,6)31(30)44-21-23-16-25(34(36,37)38)18-26(17-23)35(39,40)41/h9-14,16-19,30-31,42H,7-8,15,20-21H2,1-6H3. The van der Waals surface area contributed by atoms with E-state index < -0.39 is 47.9 Å². The number of hydrogen-bond donors (Lipinski definition) is 1. The van der Waals surface area contributed by atoms with Gasteiger partial charge in [0.05, 0.1) is 17.7 Å². The second-order valence-corrected chi connectivity index (χ2v) is 13.0. The highest BCUT2D eigenvalue weighted by Crippen LogP contribution is 2.45. The van der Waals surface area contributed by atoms with E-state index in [1.54, 1.807) is 13.8 Å². The van der Waals surface area contributed by atoms with E-state index in [9.17, 15) is 26.3 Å². The summed E-state index contributed by atoms with van der Waals surface area (Å²) in [4.78, 5) is 0. The highest BCUT2D eigenvalue weighted by Gasteiger charge is 2.46. The molecule has 10 heteroatoms. The molecular formula is C35H41F6NO3. The molecule has 0 saturated carbocycles. The second-order valence-electron chi connectivity index (χ2n) is 13.0. The van der Waals surface area contributed by atoms with Crippen molar-refractivity contribution in [2.75, 3.05) is 11.9 Å². The summed E-state index contributed by atoms with van der Waals surface area (Å²) < 4.78 is 99.6. The lowest BCUT2D eigenvalue weighted by Crippen LogP contribution is -2.51. The maximum Gasteiger partial charge on any atom is 0.416 e. The molecule has 1 heterocycles. The molecule has 1 aliphatic heterocycles. The molecule has 0 aromatic heterocycles. The molecule has 45 heavy (non-hydrogen) atoms. The Hall–Kier alpha value is -3.24. The summed E-state index contributed by atoms with van der Waals surface area (Å²) in [5, 5.41) is 3.43. The minimum Gasteiger partial charge on any atom is -0.485 e. The van der Waals surface area contributed by atoms with Gasteiger partial charge in [0.2, 0.25) is 0 Å². The van der Waals surface area contributed by atoms with E-state index in [0.717, 1.165) is 24.1 Å². The molecule has 0 saturated heterocycles. The number of fused-ring (bicyclic) bond motifs is 1. The van der Waals surface area contributed by atoms with Crippen LogP contribution in [-0.2, 0) is 40.4 Å². The van der Waals surface area contributed by atoms with E-state index in [-0.39, 0.29) is 17.0 Å². The van der Waals surface area contributed by atoms with E-state index in [1.165, 1.54) is 5.56 Å². The fraction of sp³-hybridized carbons (Fsp3) is 0.486. The van der Waals surface area contributed by atoms with E-state index in [2.05, 4.69) is 50.4 Å². The SMILES string of the molecule is CCCCOC1c2cc(NCc3ccc(C(C)(C)C)cc3)ccc2OC(C)(C)C1OCc1cc(C(F)(F)F)cc(C(F)(F)F)c1. The van der Waals surface area contributed by atoms with Crippen LogP contribution in [0, 0.1) is 0 Å². The van der Waals surface area contributed by atoms with Crippen LogP contribution in [0.2, 0.25) is 0 Å². The first kappa shape index (κ1) is 34.6. The summed E-state index contributed by atoms with van der Waals surface area (Å²) in [5.74, 6) is 0.569. The normalized spacial score (nSPS) is 18.3. The summed E-state index contributed by atoms with van der Waals surface area (Å²) in [6.07, 6.45) is -9.81. The predicted octanol–water partition coefficient (Wildman–Crippen LogP) is 10.2. The van der Waals surface area contributed by atoms with Gasteiger partial charge >= 0.3 is 12.4 Å². The van der Waals surface area contributed by atoms with Gasteiger partial charge in [0.15, 0.2) is 0 Å². The van der Waals surface area contributed by atoms with Crippen LogP contribution in [0.4, 0.5) is 32.0 Å². The van der Waals surface area contributed by atoms with Gasteiger partial charge in [-0.15, -0.1) is 0 Å². The Balaban J connectivity index is 1.60. The summed E-state index contributed by atoms with van der Waals surface area (Å²) in [7, 11) is 0. The van der Waals surface area contributed by atoms with Gasteiger partial charge in [0.1, 0.15) is 23.6 Å². The Labute approximate surface area is 261 Å². The molecule has 0 spiro atoms. The minimum atomic E-state index is -4.95. The third-order valence-electron chi connectivity index (χ3n) is 7.84. The molecule has 2 unspecified atom stereocenters. The largest absolute Gasteiger partial charge is 0.485 e. The quantitative estimate of drug-likeness (QED) is 0.177. The Morgan fingerprint density at radius 1 is 0.778 bits per heavy atom. The maximum absolute atomic E-state index is 13.5. The Morgan fingerprint density at radius 3 is 1.96 bits per heavy atom. The van der Waals surface area contributed by atoms with Crippen molar-refractivity contribution in [2.45, 2.75) is 103 Å².